The lowest BCUT2D eigenvalue weighted by Gasteiger charge is -2.26. The first kappa shape index (κ1) is 20.0. The number of nitrogens with two attached hydrogens (primary N) is 1. The van der Waals surface area contributed by atoms with E-state index in [0.717, 1.165) is 0 Å². The van der Waals surface area contributed by atoms with Gasteiger partial charge in [-0.3, -0.25) is 14.5 Å². The number of aromatic nitrogens is 5. The number of hydrogen-bond donors (Lipinski definition) is 3. The number of nitrogen functional groups attached to an aromatic ring is 1. The number of aromatic amines is 1. The van der Waals surface area contributed by atoms with E-state index in [1.54, 1.807) is 12.1 Å². The summed E-state index contributed by atoms with van der Waals surface area (Å²) >= 11 is 0. The number of nitrogens with zero attached hydrogens (tertiary/aromatic N) is 4. The highest BCUT2D eigenvalue weighted by Gasteiger charge is 2.22. The molecule has 2 aromatic carbocycles. The van der Waals surface area contributed by atoms with Crippen LogP contribution in [0.2, 0.25) is 0 Å². The Hall–Kier alpha value is -4.67. The molecule has 0 unspecified atom stereocenters. The van der Waals surface area contributed by atoms with Crippen molar-refractivity contribution in [2.75, 3.05) is 24.2 Å². The van der Waals surface area contributed by atoms with Crippen molar-refractivity contribution < 1.29 is 13.9 Å². The van der Waals surface area contributed by atoms with Gasteiger partial charge in [0.25, 0.3) is 5.56 Å². The number of halogens is 1. The molecule has 5 aromatic rings. The van der Waals surface area contributed by atoms with Crippen LogP contribution in [-0.4, -0.2) is 44.0 Å². The van der Waals surface area contributed by atoms with Crippen LogP contribution < -0.4 is 26.1 Å². The van der Waals surface area contributed by atoms with Gasteiger partial charge in [-0.15, -0.1) is 0 Å². The van der Waals surface area contributed by atoms with Crippen molar-refractivity contribution in [3.05, 3.63) is 70.9 Å². The molecule has 1 aliphatic heterocycles. The smallest absolute Gasteiger partial charge is 0.270 e. The summed E-state index contributed by atoms with van der Waals surface area (Å²) < 4.78 is 27.6. The molecule has 0 bridgehead atoms. The first-order valence-electron chi connectivity index (χ1n) is 10.5. The molecule has 1 atom stereocenters. The Morgan fingerprint density at radius 3 is 2.82 bits per heavy atom. The average Bonchev–Trinajstić information content (AvgIpc) is 3.25. The van der Waals surface area contributed by atoms with Crippen LogP contribution in [0, 0.1) is 5.82 Å². The Bertz CT molecular complexity index is 1610. The fraction of sp³-hybridized carbons (Fsp3) is 0.130. The molecule has 6 rings (SSSR count). The van der Waals surface area contributed by atoms with Gasteiger partial charge in [-0.25, -0.2) is 9.37 Å². The minimum Gasteiger partial charge on any atom is -0.486 e. The van der Waals surface area contributed by atoms with Crippen LogP contribution in [0.15, 0.2) is 59.5 Å². The van der Waals surface area contributed by atoms with Gasteiger partial charge in [0.1, 0.15) is 23.9 Å². The maximum Gasteiger partial charge on any atom is 0.270 e. The Kier molecular flexibility index (Phi) is 4.54. The summed E-state index contributed by atoms with van der Waals surface area (Å²) in [6.07, 6.45) is 1.26. The highest BCUT2D eigenvalue weighted by atomic mass is 19.1. The van der Waals surface area contributed by atoms with Gasteiger partial charge in [-0.1, -0.05) is 24.3 Å². The lowest BCUT2D eigenvalue weighted by atomic mass is 10.2. The number of pyridine rings is 1. The fourth-order valence-corrected chi connectivity index (χ4v) is 4.01. The second kappa shape index (κ2) is 7.73. The van der Waals surface area contributed by atoms with Crippen LogP contribution >= 0.6 is 0 Å². The third-order valence-corrected chi connectivity index (χ3v) is 5.61. The lowest BCUT2D eigenvalue weighted by Crippen LogP contribution is -2.35. The van der Waals surface area contributed by atoms with E-state index in [1.807, 2.05) is 24.3 Å². The van der Waals surface area contributed by atoms with Crippen molar-refractivity contribution in [2.24, 2.45) is 0 Å². The topological polar surface area (TPSA) is 133 Å². The predicted octanol–water partition coefficient (Wildman–Crippen LogP) is 2.63. The number of ether oxygens (including phenoxy) is 2. The van der Waals surface area contributed by atoms with Crippen molar-refractivity contribution in [1.29, 1.82) is 0 Å². The zero-order chi connectivity index (χ0) is 23.2. The number of rotatable bonds is 4. The molecule has 3 aromatic heterocycles. The second-order valence-electron chi connectivity index (χ2n) is 7.76. The summed E-state index contributed by atoms with van der Waals surface area (Å²) in [5, 5.41) is 10.4. The largest absolute Gasteiger partial charge is 0.486 e. The van der Waals surface area contributed by atoms with Gasteiger partial charge in [-0.05, 0) is 24.3 Å². The van der Waals surface area contributed by atoms with Crippen LogP contribution in [0.3, 0.4) is 0 Å². The van der Waals surface area contributed by atoms with E-state index in [9.17, 15) is 9.18 Å². The fourth-order valence-electron chi connectivity index (χ4n) is 4.01. The Morgan fingerprint density at radius 2 is 1.97 bits per heavy atom. The maximum absolute atomic E-state index is 14.7. The molecular formula is C23H18FN7O3. The van der Waals surface area contributed by atoms with Gasteiger partial charge < -0.3 is 20.5 Å². The van der Waals surface area contributed by atoms with Crippen LogP contribution in [0.1, 0.15) is 0 Å². The molecule has 34 heavy (non-hydrogen) atoms. The minimum absolute atomic E-state index is 0.0175. The molecule has 0 fully saturated rings. The van der Waals surface area contributed by atoms with E-state index < -0.39 is 11.4 Å². The van der Waals surface area contributed by atoms with Crippen LogP contribution in [0.25, 0.3) is 27.6 Å². The summed E-state index contributed by atoms with van der Waals surface area (Å²) in [6.45, 7) is 0.703. The number of benzene rings is 2. The average molecular weight is 459 g/mol. The molecule has 0 radical (unpaired) electrons. The number of fused-ring (bicyclic) bond motifs is 4. The summed E-state index contributed by atoms with van der Waals surface area (Å²) in [5.41, 5.74) is 6.02. The van der Waals surface area contributed by atoms with Gasteiger partial charge in [0.15, 0.2) is 23.0 Å². The number of para-hydroxylation sites is 3. The minimum atomic E-state index is -0.577. The molecular weight excluding hydrogens is 441 g/mol. The Morgan fingerprint density at radius 1 is 1.18 bits per heavy atom. The van der Waals surface area contributed by atoms with Gasteiger partial charge in [0, 0.05) is 6.20 Å². The Labute approximate surface area is 191 Å². The molecule has 0 amide bonds. The van der Waals surface area contributed by atoms with Crippen LogP contribution in [0.5, 0.6) is 11.5 Å². The van der Waals surface area contributed by atoms with Gasteiger partial charge in [-0.2, -0.15) is 10.1 Å². The lowest BCUT2D eigenvalue weighted by molar-refractivity contribution is 0.0996. The standard InChI is InChI=1S/C23H18FN7O3/c24-14-5-1-2-6-15(14)31-21-13(19-18(22(31)32)20(25)30-29-19)10-27-23(28-21)26-9-12-11-33-16-7-3-4-8-17(16)34-12/h1-8,10,12H,9,11H2,(H3,25,29,30)(H,26,27,28)/t12-/m0/s1. The van der Waals surface area contributed by atoms with E-state index in [2.05, 4.69) is 25.5 Å². The molecule has 0 aliphatic carbocycles. The monoisotopic (exact) mass is 459 g/mol. The SMILES string of the molecule is Nc1n[nH]c2c1c(=O)n(-c1ccccc1F)c1nc(NC[C@H]3COc4ccccc4O3)ncc21. The molecule has 170 valence electrons. The van der Waals surface area contributed by atoms with E-state index in [-0.39, 0.29) is 34.6 Å². The zero-order valence-electron chi connectivity index (χ0n) is 17.7. The summed E-state index contributed by atoms with van der Waals surface area (Å²) in [7, 11) is 0. The summed E-state index contributed by atoms with van der Waals surface area (Å²) in [5.74, 6) is 1.03. The summed E-state index contributed by atoms with van der Waals surface area (Å²) in [6, 6.07) is 13.4. The predicted molar refractivity (Wildman–Crippen MR) is 124 cm³/mol. The third-order valence-electron chi connectivity index (χ3n) is 5.61. The molecule has 0 spiro atoms. The Balaban J connectivity index is 1.41. The number of anilines is 2. The zero-order valence-corrected chi connectivity index (χ0v) is 17.7. The highest BCUT2D eigenvalue weighted by molar-refractivity contribution is 6.05. The molecule has 1 aliphatic rings. The maximum atomic E-state index is 14.7. The quantitative estimate of drug-likeness (QED) is 0.374. The van der Waals surface area contributed by atoms with Crippen molar-refractivity contribution in [3.63, 3.8) is 0 Å². The molecule has 0 saturated carbocycles. The van der Waals surface area contributed by atoms with Crippen molar-refractivity contribution in [1.82, 2.24) is 24.7 Å². The van der Waals surface area contributed by atoms with E-state index in [0.29, 0.717) is 35.6 Å². The molecule has 11 heteroatoms. The highest BCUT2D eigenvalue weighted by Crippen LogP contribution is 2.31. The molecule has 4 heterocycles. The van der Waals surface area contributed by atoms with E-state index in [1.165, 1.54) is 22.9 Å². The van der Waals surface area contributed by atoms with Crippen LogP contribution in [-0.2, 0) is 0 Å². The van der Waals surface area contributed by atoms with Gasteiger partial charge in [0.05, 0.1) is 23.1 Å². The second-order valence-corrected chi connectivity index (χ2v) is 7.76. The third kappa shape index (κ3) is 3.17. The first-order chi connectivity index (χ1) is 16.6. The number of H-pyrrole nitrogens is 1. The van der Waals surface area contributed by atoms with Crippen molar-refractivity contribution >= 4 is 33.7 Å². The van der Waals surface area contributed by atoms with Crippen molar-refractivity contribution in [2.45, 2.75) is 6.10 Å². The van der Waals surface area contributed by atoms with E-state index in [4.69, 9.17) is 15.2 Å². The van der Waals surface area contributed by atoms with Crippen LogP contribution in [0.4, 0.5) is 16.2 Å². The normalized spacial score (nSPS) is 15.0. The van der Waals surface area contributed by atoms with Gasteiger partial charge >= 0.3 is 0 Å². The van der Waals surface area contributed by atoms with Crippen molar-refractivity contribution in [3.8, 4) is 17.2 Å². The van der Waals surface area contributed by atoms with Gasteiger partial charge in [0.2, 0.25) is 5.95 Å². The van der Waals surface area contributed by atoms with E-state index >= 15 is 0 Å². The molecule has 4 N–H and O–H groups in total. The summed E-state index contributed by atoms with van der Waals surface area (Å²) in [4.78, 5) is 22.2. The first-order valence-corrected chi connectivity index (χ1v) is 10.5. The number of hydrogen-bond acceptors (Lipinski definition) is 8. The molecule has 10 nitrogen and oxygen atoms in total. The molecule has 0 saturated heterocycles. The number of nitrogens with one attached hydrogen (secondary N) is 2.